The summed E-state index contributed by atoms with van der Waals surface area (Å²) in [5, 5.41) is 3.34. The maximum Gasteiger partial charge on any atom is 0.193 e. The zero-order valence-electron chi connectivity index (χ0n) is 14.4. The normalized spacial score (nSPS) is 11.4. The van der Waals surface area contributed by atoms with E-state index in [-0.39, 0.29) is 5.82 Å². The van der Waals surface area contributed by atoms with Crippen molar-refractivity contribution in [3.05, 3.63) is 71.0 Å². The van der Waals surface area contributed by atoms with Crippen LogP contribution in [-0.2, 0) is 24.4 Å². The van der Waals surface area contributed by atoms with Gasteiger partial charge in [0.1, 0.15) is 5.82 Å². The summed E-state index contributed by atoms with van der Waals surface area (Å²) in [6.45, 7) is 1.97. The Labute approximate surface area is 143 Å². The lowest BCUT2D eigenvalue weighted by atomic mass is 10.1. The van der Waals surface area contributed by atoms with Crippen LogP contribution in [0.15, 0.2) is 53.5 Å². The van der Waals surface area contributed by atoms with Crippen molar-refractivity contribution in [2.45, 2.75) is 19.7 Å². The van der Waals surface area contributed by atoms with Crippen LogP contribution in [0, 0.1) is 5.82 Å². The van der Waals surface area contributed by atoms with Crippen LogP contribution in [0.1, 0.15) is 16.7 Å². The van der Waals surface area contributed by atoms with Crippen LogP contribution in [0.5, 0.6) is 0 Å². The van der Waals surface area contributed by atoms with Gasteiger partial charge in [-0.3, -0.25) is 4.99 Å². The van der Waals surface area contributed by atoms with Crippen molar-refractivity contribution >= 4 is 5.96 Å². The highest BCUT2D eigenvalue weighted by Crippen LogP contribution is 2.07. The number of benzene rings is 2. The molecule has 2 aromatic carbocycles. The van der Waals surface area contributed by atoms with Gasteiger partial charge in [-0.2, -0.15) is 0 Å². The van der Waals surface area contributed by atoms with Crippen molar-refractivity contribution in [2.75, 3.05) is 21.2 Å². The molecule has 0 atom stereocenters. The molecule has 24 heavy (non-hydrogen) atoms. The van der Waals surface area contributed by atoms with Crippen molar-refractivity contribution < 1.29 is 9.13 Å². The number of halogens is 1. The largest absolute Gasteiger partial charge is 0.380 e. The zero-order chi connectivity index (χ0) is 17.4. The number of hydrogen-bond acceptors (Lipinski definition) is 2. The number of ether oxygens (including phenoxy) is 1. The zero-order valence-corrected chi connectivity index (χ0v) is 14.4. The van der Waals surface area contributed by atoms with Crippen LogP contribution >= 0.6 is 0 Å². The van der Waals surface area contributed by atoms with Gasteiger partial charge >= 0.3 is 0 Å². The van der Waals surface area contributed by atoms with Gasteiger partial charge < -0.3 is 15.0 Å². The summed E-state index contributed by atoms with van der Waals surface area (Å²) in [6, 6.07) is 14.8. The monoisotopic (exact) mass is 329 g/mol. The number of aliphatic imine (C=N–C) groups is 1. The third kappa shape index (κ3) is 5.35. The van der Waals surface area contributed by atoms with Crippen LogP contribution in [0.2, 0.25) is 0 Å². The molecule has 5 heteroatoms. The van der Waals surface area contributed by atoms with E-state index in [4.69, 9.17) is 4.74 Å². The van der Waals surface area contributed by atoms with E-state index in [2.05, 4.69) is 34.6 Å². The summed E-state index contributed by atoms with van der Waals surface area (Å²) in [6.07, 6.45) is 0. The number of methoxy groups -OCH3 is 1. The molecular formula is C19H24FN3O. The molecule has 0 aliphatic heterocycles. The minimum atomic E-state index is -0.221. The fraction of sp³-hybridized carbons (Fsp3) is 0.316. The molecule has 0 unspecified atom stereocenters. The lowest BCUT2D eigenvalue weighted by Gasteiger charge is -2.22. The molecule has 0 heterocycles. The highest BCUT2D eigenvalue weighted by atomic mass is 19.1. The summed E-state index contributed by atoms with van der Waals surface area (Å²) in [5.74, 6) is 0.570. The van der Waals surface area contributed by atoms with Gasteiger partial charge in [0.15, 0.2) is 5.96 Å². The van der Waals surface area contributed by atoms with E-state index < -0.39 is 0 Å². The van der Waals surface area contributed by atoms with E-state index in [1.54, 1.807) is 26.3 Å². The van der Waals surface area contributed by atoms with E-state index in [9.17, 15) is 4.39 Å². The molecule has 0 saturated heterocycles. The van der Waals surface area contributed by atoms with Gasteiger partial charge in [0, 0.05) is 34.3 Å². The molecule has 0 saturated carbocycles. The smallest absolute Gasteiger partial charge is 0.193 e. The second kappa shape index (κ2) is 9.03. The molecule has 0 aromatic heterocycles. The second-order valence-electron chi connectivity index (χ2n) is 5.63. The Balaban J connectivity index is 1.90. The molecule has 0 bridgehead atoms. The van der Waals surface area contributed by atoms with Crippen LogP contribution < -0.4 is 5.32 Å². The summed E-state index contributed by atoms with van der Waals surface area (Å²) in [7, 11) is 5.40. The lowest BCUT2D eigenvalue weighted by molar-refractivity contribution is 0.185. The number of nitrogens with one attached hydrogen (secondary N) is 1. The van der Waals surface area contributed by atoms with Crippen molar-refractivity contribution in [2.24, 2.45) is 4.99 Å². The van der Waals surface area contributed by atoms with Gasteiger partial charge in [-0.1, -0.05) is 36.4 Å². The van der Waals surface area contributed by atoms with E-state index in [1.165, 1.54) is 17.7 Å². The SMILES string of the molecule is CN=C(NCc1ccc(COC)cc1)N(C)Cc1ccc(F)cc1. The molecule has 0 spiro atoms. The van der Waals surface area contributed by atoms with Gasteiger partial charge in [0.2, 0.25) is 0 Å². The van der Waals surface area contributed by atoms with E-state index in [0.717, 1.165) is 17.1 Å². The summed E-state index contributed by atoms with van der Waals surface area (Å²) in [4.78, 5) is 6.31. The highest BCUT2D eigenvalue weighted by molar-refractivity contribution is 5.79. The molecule has 0 fully saturated rings. The van der Waals surface area contributed by atoms with Gasteiger partial charge in [0.25, 0.3) is 0 Å². The summed E-state index contributed by atoms with van der Waals surface area (Å²) < 4.78 is 18.1. The molecule has 0 aliphatic rings. The molecule has 2 rings (SSSR count). The van der Waals surface area contributed by atoms with Crippen LogP contribution in [0.25, 0.3) is 0 Å². The molecule has 2 aromatic rings. The Kier molecular flexibility index (Phi) is 6.75. The standard InChI is InChI=1S/C19H24FN3O/c1-21-19(23(2)13-16-8-10-18(20)11-9-16)22-12-15-4-6-17(7-5-15)14-24-3/h4-11H,12-14H2,1-3H3,(H,21,22). The number of hydrogen-bond donors (Lipinski definition) is 1. The van der Waals surface area contributed by atoms with Crippen LogP contribution in [0.3, 0.4) is 0 Å². The van der Waals surface area contributed by atoms with Crippen molar-refractivity contribution in [1.82, 2.24) is 10.2 Å². The van der Waals surface area contributed by atoms with E-state index in [0.29, 0.717) is 19.7 Å². The van der Waals surface area contributed by atoms with Crippen molar-refractivity contribution in [3.8, 4) is 0 Å². The first kappa shape index (κ1) is 17.9. The summed E-state index contributed by atoms with van der Waals surface area (Å²) >= 11 is 0. The quantitative estimate of drug-likeness (QED) is 0.653. The minimum Gasteiger partial charge on any atom is -0.380 e. The summed E-state index contributed by atoms with van der Waals surface area (Å²) in [5.41, 5.74) is 3.36. The van der Waals surface area contributed by atoms with Crippen molar-refractivity contribution in [3.63, 3.8) is 0 Å². The first-order valence-electron chi connectivity index (χ1n) is 7.85. The first-order chi connectivity index (χ1) is 11.6. The first-order valence-corrected chi connectivity index (χ1v) is 7.85. The molecule has 0 amide bonds. The van der Waals surface area contributed by atoms with E-state index in [1.807, 2.05) is 11.9 Å². The highest BCUT2D eigenvalue weighted by Gasteiger charge is 2.07. The average molecular weight is 329 g/mol. The molecule has 0 aliphatic carbocycles. The third-order valence-electron chi connectivity index (χ3n) is 3.69. The Morgan fingerprint density at radius 2 is 1.62 bits per heavy atom. The van der Waals surface area contributed by atoms with Gasteiger partial charge in [-0.05, 0) is 28.8 Å². The number of rotatable bonds is 6. The fourth-order valence-electron chi connectivity index (χ4n) is 2.42. The van der Waals surface area contributed by atoms with Crippen molar-refractivity contribution in [1.29, 1.82) is 0 Å². The van der Waals surface area contributed by atoms with Gasteiger partial charge in [-0.15, -0.1) is 0 Å². The predicted octanol–water partition coefficient (Wildman–Crippen LogP) is 3.18. The van der Waals surface area contributed by atoms with E-state index >= 15 is 0 Å². The van der Waals surface area contributed by atoms with Gasteiger partial charge in [-0.25, -0.2) is 4.39 Å². The maximum atomic E-state index is 13.0. The predicted molar refractivity (Wildman–Crippen MR) is 95.2 cm³/mol. The average Bonchev–Trinajstić information content (AvgIpc) is 2.59. The van der Waals surface area contributed by atoms with Gasteiger partial charge in [0.05, 0.1) is 6.61 Å². The molecule has 0 radical (unpaired) electrons. The Morgan fingerprint density at radius 3 is 2.21 bits per heavy atom. The molecule has 4 nitrogen and oxygen atoms in total. The topological polar surface area (TPSA) is 36.9 Å². The van der Waals surface area contributed by atoms with Crippen LogP contribution in [-0.4, -0.2) is 32.1 Å². The maximum absolute atomic E-state index is 13.0. The Morgan fingerprint density at radius 1 is 1.04 bits per heavy atom. The van der Waals surface area contributed by atoms with Crippen LogP contribution in [0.4, 0.5) is 4.39 Å². The fourth-order valence-corrected chi connectivity index (χ4v) is 2.42. The molecular weight excluding hydrogens is 305 g/mol. The minimum absolute atomic E-state index is 0.221. The number of guanidine groups is 1. The molecule has 1 N–H and O–H groups in total. The Bertz CT molecular complexity index is 653. The molecule has 128 valence electrons. The third-order valence-corrected chi connectivity index (χ3v) is 3.69. The second-order valence-corrected chi connectivity index (χ2v) is 5.63. The Hall–Kier alpha value is -2.40. The number of nitrogens with zero attached hydrogens (tertiary/aromatic N) is 2. The lowest BCUT2D eigenvalue weighted by Crippen LogP contribution is -2.38.